The fourth-order valence-electron chi connectivity index (χ4n) is 5.84. The van der Waals surface area contributed by atoms with Crippen LogP contribution >= 0.6 is 11.6 Å². The predicted molar refractivity (Wildman–Crippen MR) is 71.6 cm³/mol. The van der Waals surface area contributed by atoms with Gasteiger partial charge in [0.25, 0.3) is 0 Å². The zero-order valence-corrected chi connectivity index (χ0v) is 11.1. The number of rotatable bonds is 0. The van der Waals surface area contributed by atoms with Crippen molar-refractivity contribution in [2.24, 2.45) is 17.3 Å². The number of halogens is 1. The van der Waals surface area contributed by atoms with Crippen LogP contribution in [0, 0.1) is 17.3 Å². The van der Waals surface area contributed by atoms with Crippen LogP contribution in [0.4, 0.5) is 5.69 Å². The van der Waals surface area contributed by atoms with Crippen molar-refractivity contribution in [1.82, 2.24) is 4.98 Å². The average molecular weight is 261 g/mol. The van der Waals surface area contributed by atoms with Crippen LogP contribution in [-0.2, 0) is 0 Å². The lowest BCUT2D eigenvalue weighted by Gasteiger charge is -2.48. The maximum Gasteiger partial charge on any atom is 0.0704 e. The second kappa shape index (κ2) is 2.87. The summed E-state index contributed by atoms with van der Waals surface area (Å²) in [4.78, 5) is 4.68. The quantitative estimate of drug-likeness (QED) is 0.772. The molecule has 1 aromatic rings. The van der Waals surface area contributed by atoms with Gasteiger partial charge < -0.3 is 5.73 Å². The normalized spacial score (nSPS) is 46.5. The van der Waals surface area contributed by atoms with Gasteiger partial charge in [-0.15, -0.1) is 0 Å². The van der Waals surface area contributed by atoms with Crippen molar-refractivity contribution in [3.8, 4) is 0 Å². The summed E-state index contributed by atoms with van der Waals surface area (Å²) in [6.45, 7) is 0. The van der Waals surface area contributed by atoms with Crippen molar-refractivity contribution >= 4 is 17.3 Å². The first-order chi connectivity index (χ1) is 8.69. The molecule has 5 rings (SSSR count). The minimum Gasteiger partial charge on any atom is -0.396 e. The molecule has 1 aromatic heterocycles. The van der Waals surface area contributed by atoms with Gasteiger partial charge in [-0.2, -0.15) is 0 Å². The third-order valence-corrected chi connectivity index (χ3v) is 6.91. The van der Waals surface area contributed by atoms with Gasteiger partial charge in [0.15, 0.2) is 0 Å². The summed E-state index contributed by atoms with van der Waals surface area (Å²) in [6, 6.07) is 0. The van der Waals surface area contributed by atoms with Gasteiger partial charge in [0.05, 0.1) is 16.9 Å². The van der Waals surface area contributed by atoms with E-state index in [1.807, 2.05) is 0 Å². The van der Waals surface area contributed by atoms with E-state index in [1.54, 1.807) is 6.20 Å². The van der Waals surface area contributed by atoms with Crippen molar-refractivity contribution < 1.29 is 0 Å². The van der Waals surface area contributed by atoms with E-state index in [2.05, 4.69) is 4.98 Å². The van der Waals surface area contributed by atoms with Crippen LogP contribution in [0.3, 0.4) is 0 Å². The van der Waals surface area contributed by atoms with Crippen molar-refractivity contribution in [2.75, 3.05) is 5.73 Å². The number of anilines is 1. The Labute approximate surface area is 112 Å². The Balaban J connectivity index is 1.79. The van der Waals surface area contributed by atoms with Crippen molar-refractivity contribution in [3.05, 3.63) is 22.5 Å². The molecule has 2 N–H and O–H groups in total. The molecule has 0 aromatic carbocycles. The Morgan fingerprint density at radius 3 is 2.72 bits per heavy atom. The van der Waals surface area contributed by atoms with Gasteiger partial charge >= 0.3 is 0 Å². The van der Waals surface area contributed by atoms with E-state index in [0.717, 1.165) is 16.9 Å². The third kappa shape index (κ3) is 0.911. The first kappa shape index (κ1) is 10.1. The van der Waals surface area contributed by atoms with E-state index in [9.17, 15) is 0 Å². The number of nitrogens with zero attached hydrogens (tertiary/aromatic N) is 1. The summed E-state index contributed by atoms with van der Waals surface area (Å²) >= 11 is 6.51. The van der Waals surface area contributed by atoms with Gasteiger partial charge in [0.1, 0.15) is 0 Å². The molecule has 5 unspecified atom stereocenters. The van der Waals surface area contributed by atoms with Crippen LogP contribution in [0.2, 0.25) is 5.02 Å². The number of nitrogens with two attached hydrogens (primary N) is 1. The van der Waals surface area contributed by atoms with Crippen LogP contribution in [0.25, 0.3) is 0 Å². The minimum absolute atomic E-state index is 0.642. The van der Waals surface area contributed by atoms with E-state index in [1.165, 1.54) is 43.4 Å². The molecule has 4 aliphatic rings. The molecular formula is C15H17ClN2. The van der Waals surface area contributed by atoms with E-state index < -0.39 is 0 Å². The standard InChI is InChI=1S/C15H17ClN2/c16-13-11(17)6-18-14-8-2-10-3-9-1-7(12(13)14)4-15(9,10)5-8/h6-10H,1-5,17H2. The fourth-order valence-corrected chi connectivity index (χ4v) is 6.14. The molecule has 4 aliphatic carbocycles. The highest BCUT2D eigenvalue weighted by Gasteiger charge is 2.66. The molecule has 3 bridgehead atoms. The highest BCUT2D eigenvalue weighted by atomic mass is 35.5. The number of pyridine rings is 1. The number of hydrogen-bond acceptors (Lipinski definition) is 2. The van der Waals surface area contributed by atoms with Crippen LogP contribution in [0.1, 0.15) is 55.2 Å². The molecule has 0 saturated heterocycles. The number of aromatic nitrogens is 1. The summed E-state index contributed by atoms with van der Waals surface area (Å²) in [5.41, 5.74) is 9.94. The second-order valence-corrected chi connectivity index (χ2v) is 7.34. The zero-order valence-electron chi connectivity index (χ0n) is 10.3. The molecule has 94 valence electrons. The first-order valence-electron chi connectivity index (χ1n) is 7.13. The lowest BCUT2D eigenvalue weighted by Crippen LogP contribution is -2.41. The smallest absolute Gasteiger partial charge is 0.0704 e. The van der Waals surface area contributed by atoms with Crippen molar-refractivity contribution in [3.63, 3.8) is 0 Å². The monoisotopic (exact) mass is 260 g/mol. The van der Waals surface area contributed by atoms with Gasteiger partial charge in [-0.3, -0.25) is 4.98 Å². The van der Waals surface area contributed by atoms with E-state index in [4.69, 9.17) is 17.3 Å². The van der Waals surface area contributed by atoms with Gasteiger partial charge in [-0.25, -0.2) is 0 Å². The SMILES string of the molecule is Nc1cnc2c(c1Cl)C1CC3CC4CC2CC43C1. The second-order valence-electron chi connectivity index (χ2n) is 6.96. The van der Waals surface area contributed by atoms with Crippen LogP contribution < -0.4 is 5.73 Å². The van der Waals surface area contributed by atoms with Gasteiger partial charge in [0.2, 0.25) is 0 Å². The molecule has 5 atom stereocenters. The van der Waals surface area contributed by atoms with E-state index in [-0.39, 0.29) is 0 Å². The summed E-state index contributed by atoms with van der Waals surface area (Å²) in [7, 11) is 0. The molecule has 3 heteroatoms. The number of fused-ring (bicyclic) bond motifs is 5. The molecule has 0 aliphatic heterocycles. The highest BCUT2D eigenvalue weighted by molar-refractivity contribution is 6.34. The maximum absolute atomic E-state index is 6.51. The van der Waals surface area contributed by atoms with Crippen LogP contribution in [0.5, 0.6) is 0 Å². The summed E-state index contributed by atoms with van der Waals surface area (Å²) in [6.07, 6.45) is 8.66. The zero-order chi connectivity index (χ0) is 12.1. The maximum atomic E-state index is 6.51. The highest BCUT2D eigenvalue weighted by Crippen LogP contribution is 2.76. The van der Waals surface area contributed by atoms with Crippen molar-refractivity contribution in [1.29, 1.82) is 0 Å². The largest absolute Gasteiger partial charge is 0.396 e. The summed E-state index contributed by atoms with van der Waals surface area (Å²) in [5, 5.41) is 0.812. The molecule has 1 spiro atoms. The lowest BCUT2D eigenvalue weighted by atomic mass is 9.56. The van der Waals surface area contributed by atoms with E-state index in [0.29, 0.717) is 22.9 Å². The average Bonchev–Trinajstić information content (AvgIpc) is 2.75. The molecule has 18 heavy (non-hydrogen) atoms. The minimum atomic E-state index is 0.642. The topological polar surface area (TPSA) is 38.9 Å². The first-order valence-corrected chi connectivity index (χ1v) is 7.50. The predicted octanol–water partition coefficient (Wildman–Crippen LogP) is 3.71. The molecule has 2 nitrogen and oxygen atoms in total. The Morgan fingerprint density at radius 1 is 1.17 bits per heavy atom. The fraction of sp³-hybridized carbons (Fsp3) is 0.667. The van der Waals surface area contributed by atoms with Crippen LogP contribution in [-0.4, -0.2) is 4.98 Å². The van der Waals surface area contributed by atoms with E-state index >= 15 is 0 Å². The number of hydrogen-bond donors (Lipinski definition) is 1. The molecule has 0 amide bonds. The number of nitrogen functional groups attached to an aromatic ring is 1. The van der Waals surface area contributed by atoms with Gasteiger partial charge in [-0.1, -0.05) is 11.6 Å². The molecule has 0 radical (unpaired) electrons. The molecular weight excluding hydrogens is 244 g/mol. The van der Waals surface area contributed by atoms with Gasteiger partial charge in [-0.05, 0) is 60.8 Å². The van der Waals surface area contributed by atoms with Crippen LogP contribution in [0.15, 0.2) is 6.20 Å². The summed E-state index contributed by atoms with van der Waals surface area (Å²) in [5.74, 6) is 3.27. The Hall–Kier alpha value is -0.760. The summed E-state index contributed by atoms with van der Waals surface area (Å²) < 4.78 is 0. The van der Waals surface area contributed by atoms with Gasteiger partial charge in [0, 0.05) is 11.6 Å². The Bertz CT molecular complexity index is 570. The lowest BCUT2D eigenvalue weighted by molar-refractivity contribution is 0.00321. The molecule has 3 fully saturated rings. The Kier molecular flexibility index (Phi) is 1.61. The Morgan fingerprint density at radius 2 is 1.89 bits per heavy atom. The van der Waals surface area contributed by atoms with Crippen molar-refractivity contribution in [2.45, 2.75) is 43.9 Å². The molecule has 3 saturated carbocycles. The molecule has 1 heterocycles. The third-order valence-electron chi connectivity index (χ3n) is 6.49.